The van der Waals surface area contributed by atoms with Gasteiger partial charge in [-0.25, -0.2) is 0 Å². The van der Waals surface area contributed by atoms with Crippen LogP contribution in [0.2, 0.25) is 0 Å². The maximum absolute atomic E-state index is 5.76. The van der Waals surface area contributed by atoms with Crippen LogP contribution in [0.25, 0.3) is 11.1 Å². The van der Waals surface area contributed by atoms with E-state index in [4.69, 9.17) is 18.9 Å². The summed E-state index contributed by atoms with van der Waals surface area (Å²) < 4.78 is 21.9. The molecule has 2 aromatic rings. The van der Waals surface area contributed by atoms with Crippen LogP contribution in [-0.4, -0.2) is 38.6 Å². The average Bonchev–Trinajstić information content (AvgIpc) is 3.67. The largest absolute Gasteiger partial charge is 0.491 e. The fraction of sp³-hybridized carbons (Fsp3) is 0.333. The number of hydrogen-bond donors (Lipinski definition) is 0. The van der Waals surface area contributed by atoms with E-state index in [0.717, 1.165) is 37.6 Å². The molecule has 144 valence electrons. The van der Waals surface area contributed by atoms with Crippen LogP contribution in [0.15, 0.2) is 60.7 Å². The van der Waals surface area contributed by atoms with Gasteiger partial charge in [-0.3, -0.25) is 0 Å². The van der Waals surface area contributed by atoms with Crippen molar-refractivity contribution in [2.45, 2.75) is 25.0 Å². The lowest BCUT2D eigenvalue weighted by atomic mass is 9.88. The van der Waals surface area contributed by atoms with E-state index in [9.17, 15) is 0 Å². The van der Waals surface area contributed by atoms with Crippen molar-refractivity contribution in [1.29, 1.82) is 0 Å². The maximum Gasteiger partial charge on any atom is 0.119 e. The molecule has 0 saturated carbocycles. The number of allylic oxidation sites excluding steroid dienone is 4. The molecule has 0 N–H and O–H groups in total. The predicted octanol–water partition coefficient (Wildman–Crippen LogP) is 4.50. The van der Waals surface area contributed by atoms with E-state index in [1.165, 1.54) is 22.3 Å². The van der Waals surface area contributed by atoms with E-state index < -0.39 is 0 Å². The molecule has 2 atom stereocenters. The van der Waals surface area contributed by atoms with Crippen molar-refractivity contribution in [2.24, 2.45) is 0 Å². The smallest absolute Gasteiger partial charge is 0.119 e. The number of benzene rings is 2. The first-order chi connectivity index (χ1) is 13.8. The Morgan fingerprint density at radius 1 is 0.750 bits per heavy atom. The zero-order valence-corrected chi connectivity index (χ0v) is 15.8. The van der Waals surface area contributed by atoms with Gasteiger partial charge in [0.2, 0.25) is 0 Å². The van der Waals surface area contributed by atoms with Crippen LogP contribution in [0.1, 0.15) is 24.0 Å². The van der Waals surface area contributed by atoms with Gasteiger partial charge >= 0.3 is 0 Å². The van der Waals surface area contributed by atoms with Gasteiger partial charge in [-0.15, -0.1) is 0 Å². The van der Waals surface area contributed by atoms with Crippen LogP contribution in [0.4, 0.5) is 0 Å². The summed E-state index contributed by atoms with van der Waals surface area (Å²) in [7, 11) is 0. The first-order valence-electron chi connectivity index (χ1n) is 9.94. The fourth-order valence-corrected chi connectivity index (χ4v) is 3.42. The van der Waals surface area contributed by atoms with Crippen molar-refractivity contribution in [3.63, 3.8) is 0 Å². The summed E-state index contributed by atoms with van der Waals surface area (Å²) in [4.78, 5) is 0. The highest BCUT2D eigenvalue weighted by atomic mass is 16.6. The van der Waals surface area contributed by atoms with Gasteiger partial charge in [0.1, 0.15) is 36.9 Å². The minimum atomic E-state index is 0.277. The third-order valence-electron chi connectivity index (χ3n) is 5.22. The second-order valence-electron chi connectivity index (χ2n) is 7.41. The molecule has 2 aliphatic heterocycles. The highest BCUT2D eigenvalue weighted by Gasteiger charge is 2.23. The maximum atomic E-state index is 5.76. The minimum absolute atomic E-state index is 0.277. The van der Waals surface area contributed by atoms with Crippen LogP contribution in [0, 0.1) is 0 Å². The van der Waals surface area contributed by atoms with Crippen LogP contribution in [0.5, 0.6) is 11.5 Å². The number of hydrogen-bond acceptors (Lipinski definition) is 4. The molecule has 1 aliphatic carbocycles. The van der Waals surface area contributed by atoms with Crippen LogP contribution >= 0.6 is 0 Å². The van der Waals surface area contributed by atoms with Gasteiger partial charge in [-0.2, -0.15) is 0 Å². The first-order valence-corrected chi connectivity index (χ1v) is 9.94. The highest BCUT2D eigenvalue weighted by molar-refractivity contribution is 5.96. The van der Waals surface area contributed by atoms with Gasteiger partial charge in [-0.05, 0) is 59.4 Å². The Bertz CT molecular complexity index is 872. The predicted molar refractivity (Wildman–Crippen MR) is 109 cm³/mol. The topological polar surface area (TPSA) is 43.5 Å². The summed E-state index contributed by atoms with van der Waals surface area (Å²) in [6.45, 7) is 2.90. The van der Waals surface area contributed by atoms with Gasteiger partial charge in [0.15, 0.2) is 0 Å². The third-order valence-corrected chi connectivity index (χ3v) is 5.22. The molecule has 4 heteroatoms. The van der Waals surface area contributed by atoms with Gasteiger partial charge in [0.05, 0.1) is 13.2 Å². The SMILES string of the molecule is C1=CC(c2ccc(OCC3CO3)cc2)=C(c2ccc(OCC3CO3)cc2)CC1. The zero-order valence-electron chi connectivity index (χ0n) is 15.8. The Balaban J connectivity index is 1.34. The van der Waals surface area contributed by atoms with E-state index >= 15 is 0 Å². The summed E-state index contributed by atoms with van der Waals surface area (Å²) in [6.07, 6.45) is 7.15. The van der Waals surface area contributed by atoms with Crippen LogP contribution in [-0.2, 0) is 9.47 Å². The molecule has 0 amide bonds. The molecule has 2 aromatic carbocycles. The van der Waals surface area contributed by atoms with Crippen molar-refractivity contribution >= 4 is 11.1 Å². The normalized spacial score (nSPS) is 22.9. The Kier molecular flexibility index (Phi) is 4.90. The van der Waals surface area contributed by atoms with E-state index in [-0.39, 0.29) is 12.2 Å². The highest BCUT2D eigenvalue weighted by Crippen LogP contribution is 2.35. The summed E-state index contributed by atoms with van der Waals surface area (Å²) in [5.41, 5.74) is 5.12. The van der Waals surface area contributed by atoms with Crippen molar-refractivity contribution in [2.75, 3.05) is 26.4 Å². The number of ether oxygens (including phenoxy) is 4. The molecule has 2 saturated heterocycles. The Labute approximate surface area is 165 Å². The molecule has 2 unspecified atom stereocenters. The molecule has 3 aliphatic rings. The summed E-state index contributed by atoms with van der Waals surface area (Å²) >= 11 is 0. The van der Waals surface area contributed by atoms with Crippen molar-refractivity contribution in [3.8, 4) is 11.5 Å². The van der Waals surface area contributed by atoms with Gasteiger partial charge in [0, 0.05) is 0 Å². The third kappa shape index (κ3) is 4.29. The number of epoxide rings is 2. The Morgan fingerprint density at radius 3 is 1.82 bits per heavy atom. The van der Waals surface area contributed by atoms with Gasteiger partial charge < -0.3 is 18.9 Å². The van der Waals surface area contributed by atoms with Crippen molar-refractivity contribution in [1.82, 2.24) is 0 Å². The summed E-state index contributed by atoms with van der Waals surface area (Å²) in [5.74, 6) is 1.79. The zero-order chi connectivity index (χ0) is 18.8. The fourth-order valence-electron chi connectivity index (χ4n) is 3.42. The van der Waals surface area contributed by atoms with Crippen molar-refractivity contribution in [3.05, 3.63) is 71.8 Å². The molecule has 2 heterocycles. The lowest BCUT2D eigenvalue weighted by molar-refractivity contribution is 0.263. The molecule has 0 aromatic heterocycles. The van der Waals surface area contributed by atoms with Gasteiger partial charge in [-0.1, -0.05) is 36.4 Å². The summed E-state index contributed by atoms with van der Waals surface area (Å²) in [6, 6.07) is 16.8. The molecule has 0 spiro atoms. The molecule has 5 rings (SSSR count). The molecule has 0 radical (unpaired) electrons. The van der Waals surface area contributed by atoms with E-state index in [1.54, 1.807) is 0 Å². The standard InChI is InChI=1S/C24H24O4/c1-2-4-24(18-7-11-20(12-8-18)26-14-22-16-28-22)23(3-1)17-5-9-19(10-6-17)25-13-21-15-27-21/h1,3,5-12,21-22H,2,4,13-16H2. The molecular weight excluding hydrogens is 352 g/mol. The quantitative estimate of drug-likeness (QED) is 0.636. The second kappa shape index (κ2) is 7.82. The summed E-state index contributed by atoms with van der Waals surface area (Å²) in [5, 5.41) is 0. The Morgan fingerprint density at radius 2 is 1.29 bits per heavy atom. The lowest BCUT2D eigenvalue weighted by Crippen LogP contribution is -2.04. The molecular formula is C24H24O4. The molecule has 28 heavy (non-hydrogen) atoms. The first kappa shape index (κ1) is 17.5. The van der Waals surface area contributed by atoms with Crippen LogP contribution in [0.3, 0.4) is 0 Å². The van der Waals surface area contributed by atoms with E-state index in [1.807, 2.05) is 12.1 Å². The van der Waals surface area contributed by atoms with E-state index in [2.05, 4.69) is 48.6 Å². The second-order valence-corrected chi connectivity index (χ2v) is 7.41. The molecule has 4 nitrogen and oxygen atoms in total. The van der Waals surface area contributed by atoms with Gasteiger partial charge in [0.25, 0.3) is 0 Å². The van der Waals surface area contributed by atoms with Crippen LogP contribution < -0.4 is 9.47 Å². The Hall–Kier alpha value is -2.56. The number of rotatable bonds is 8. The average molecular weight is 376 g/mol. The minimum Gasteiger partial charge on any atom is -0.491 e. The van der Waals surface area contributed by atoms with Crippen molar-refractivity contribution < 1.29 is 18.9 Å². The monoisotopic (exact) mass is 376 g/mol. The lowest BCUT2D eigenvalue weighted by Gasteiger charge is -2.18. The van der Waals surface area contributed by atoms with E-state index in [0.29, 0.717) is 13.2 Å². The molecule has 0 bridgehead atoms. The molecule has 2 fully saturated rings.